The summed E-state index contributed by atoms with van der Waals surface area (Å²) < 4.78 is 38.1. The number of hydrogen-bond donors (Lipinski definition) is 1. The summed E-state index contributed by atoms with van der Waals surface area (Å²) in [6.45, 7) is 0.741. The largest absolute Gasteiger partial charge is 0.496 e. The number of hydrogen-bond acceptors (Lipinski definition) is 6. The lowest BCUT2D eigenvalue weighted by atomic mass is 10.1. The van der Waals surface area contributed by atoms with E-state index in [1.54, 1.807) is 24.3 Å². The maximum absolute atomic E-state index is 13.6. The Balaban J connectivity index is 2.07. The third-order valence-corrected chi connectivity index (χ3v) is 7.05. The number of rotatable bonds is 7. The Morgan fingerprint density at radius 1 is 1.21 bits per heavy atom. The number of anilines is 1. The molecule has 3 rings (SSSR count). The number of carbonyl (C=O) groups excluding carboxylic acids is 2. The highest BCUT2D eigenvalue weighted by atomic mass is 32.2. The summed E-state index contributed by atoms with van der Waals surface area (Å²) in [5, 5.41) is 2.49. The predicted octanol–water partition coefficient (Wildman–Crippen LogP) is 1.09. The minimum atomic E-state index is -3.85. The molecule has 1 saturated heterocycles. The molecule has 1 heterocycles. The molecule has 0 bridgehead atoms. The Morgan fingerprint density at radius 2 is 1.94 bits per heavy atom. The Hall–Kier alpha value is -3.39. The number of ether oxygens (including phenoxy) is 2. The van der Waals surface area contributed by atoms with E-state index in [4.69, 9.17) is 15.9 Å². The molecule has 2 amide bonds. The molecule has 0 aliphatic carbocycles. The second-order valence-electron chi connectivity index (χ2n) is 7.14. The van der Waals surface area contributed by atoms with Gasteiger partial charge in [0.25, 0.3) is 5.91 Å². The molecule has 0 atom stereocenters. The first kappa shape index (κ1) is 24.3. The van der Waals surface area contributed by atoms with Crippen LogP contribution in [0, 0.1) is 12.3 Å². The molecule has 0 spiro atoms. The van der Waals surface area contributed by atoms with Crippen LogP contribution in [0.25, 0.3) is 0 Å². The summed E-state index contributed by atoms with van der Waals surface area (Å²) in [4.78, 5) is 27.0. The number of nitrogens with zero attached hydrogens (tertiary/aromatic N) is 2. The molecule has 1 N–H and O–H groups in total. The lowest BCUT2D eigenvalue weighted by Crippen LogP contribution is -2.41. The Bertz CT molecular complexity index is 1180. The van der Waals surface area contributed by atoms with Crippen LogP contribution in [0.2, 0.25) is 0 Å². The van der Waals surface area contributed by atoms with Crippen LogP contribution < -0.4 is 15.0 Å². The standard InChI is InChI=1S/C23H25N3O6S/c1-4-17-6-5-7-18(14-17)26(16-22(27)24-2)23(28)20-15-19(8-9-21(20)31-3)33(29,30)25-10-12-32-13-11-25/h1,5-9,14-15H,10-13,16H2,2-3H3,(H,24,27). The Morgan fingerprint density at radius 3 is 2.58 bits per heavy atom. The lowest BCUT2D eigenvalue weighted by molar-refractivity contribution is -0.119. The van der Waals surface area contributed by atoms with E-state index in [-0.39, 0.29) is 35.8 Å². The third-order valence-electron chi connectivity index (χ3n) is 5.16. The first-order chi connectivity index (χ1) is 15.8. The zero-order valence-electron chi connectivity index (χ0n) is 18.4. The molecular weight excluding hydrogens is 446 g/mol. The molecule has 9 nitrogen and oxygen atoms in total. The Kier molecular flexibility index (Phi) is 7.71. The summed E-state index contributed by atoms with van der Waals surface area (Å²) in [7, 11) is -1.01. The second kappa shape index (κ2) is 10.5. The summed E-state index contributed by atoms with van der Waals surface area (Å²) in [5.74, 6) is 1.66. The Labute approximate surface area is 193 Å². The highest BCUT2D eigenvalue weighted by Crippen LogP contribution is 2.28. The van der Waals surface area contributed by atoms with E-state index < -0.39 is 21.8 Å². The first-order valence-electron chi connectivity index (χ1n) is 10.2. The maximum atomic E-state index is 13.6. The van der Waals surface area contributed by atoms with Crippen LogP contribution in [0.5, 0.6) is 5.75 Å². The van der Waals surface area contributed by atoms with Crippen molar-refractivity contribution in [3.05, 3.63) is 53.6 Å². The van der Waals surface area contributed by atoms with Crippen molar-refractivity contribution in [2.24, 2.45) is 0 Å². The van der Waals surface area contributed by atoms with E-state index in [1.165, 1.54) is 41.6 Å². The summed E-state index contributed by atoms with van der Waals surface area (Å²) in [6.07, 6.45) is 5.48. The van der Waals surface area contributed by atoms with Crippen molar-refractivity contribution in [3.8, 4) is 18.1 Å². The van der Waals surface area contributed by atoms with Crippen LogP contribution >= 0.6 is 0 Å². The zero-order valence-corrected chi connectivity index (χ0v) is 19.2. The zero-order chi connectivity index (χ0) is 24.0. The summed E-state index contributed by atoms with van der Waals surface area (Å²) in [6, 6.07) is 10.7. The van der Waals surface area contributed by atoms with Gasteiger partial charge in [-0.3, -0.25) is 14.5 Å². The van der Waals surface area contributed by atoms with Crippen LogP contribution in [-0.2, 0) is 19.6 Å². The van der Waals surface area contributed by atoms with Gasteiger partial charge in [0.15, 0.2) is 0 Å². The van der Waals surface area contributed by atoms with E-state index >= 15 is 0 Å². The number of nitrogens with one attached hydrogen (secondary N) is 1. The smallest absolute Gasteiger partial charge is 0.262 e. The van der Waals surface area contributed by atoms with Gasteiger partial charge in [-0.05, 0) is 36.4 Å². The van der Waals surface area contributed by atoms with Crippen LogP contribution in [0.3, 0.4) is 0 Å². The van der Waals surface area contributed by atoms with Crippen molar-refractivity contribution in [2.75, 3.05) is 51.9 Å². The molecule has 1 fully saturated rings. The fourth-order valence-corrected chi connectivity index (χ4v) is 4.80. The SMILES string of the molecule is C#Cc1cccc(N(CC(=O)NC)C(=O)c2cc(S(=O)(=O)N3CCOCC3)ccc2OC)c1. The second-order valence-corrected chi connectivity index (χ2v) is 9.08. The maximum Gasteiger partial charge on any atom is 0.262 e. The molecule has 174 valence electrons. The van der Waals surface area contributed by atoms with Gasteiger partial charge in [0, 0.05) is 31.4 Å². The highest BCUT2D eigenvalue weighted by Gasteiger charge is 2.30. The van der Waals surface area contributed by atoms with E-state index in [0.29, 0.717) is 24.5 Å². The molecule has 33 heavy (non-hydrogen) atoms. The number of benzene rings is 2. The number of morpholine rings is 1. The van der Waals surface area contributed by atoms with E-state index in [2.05, 4.69) is 11.2 Å². The summed E-state index contributed by atoms with van der Waals surface area (Å²) in [5.41, 5.74) is 0.919. The monoisotopic (exact) mass is 471 g/mol. The average molecular weight is 472 g/mol. The van der Waals surface area contributed by atoms with Gasteiger partial charge >= 0.3 is 0 Å². The predicted molar refractivity (Wildman–Crippen MR) is 123 cm³/mol. The average Bonchev–Trinajstić information content (AvgIpc) is 2.86. The normalized spacial score (nSPS) is 14.2. The van der Waals surface area contributed by atoms with Gasteiger partial charge in [-0.15, -0.1) is 6.42 Å². The summed E-state index contributed by atoms with van der Waals surface area (Å²) >= 11 is 0. The highest BCUT2D eigenvalue weighted by molar-refractivity contribution is 7.89. The van der Waals surface area contributed by atoms with Crippen molar-refractivity contribution in [2.45, 2.75) is 4.90 Å². The van der Waals surface area contributed by atoms with Crippen LogP contribution in [0.4, 0.5) is 5.69 Å². The van der Waals surface area contributed by atoms with E-state index in [9.17, 15) is 18.0 Å². The van der Waals surface area contributed by atoms with Crippen molar-refractivity contribution >= 4 is 27.5 Å². The molecule has 2 aromatic carbocycles. The van der Waals surface area contributed by atoms with E-state index in [1.807, 2.05) is 0 Å². The minimum absolute atomic E-state index is 0.00171. The van der Waals surface area contributed by atoms with Crippen LogP contribution in [0.15, 0.2) is 47.4 Å². The fourth-order valence-electron chi connectivity index (χ4n) is 3.36. The van der Waals surface area contributed by atoms with Gasteiger partial charge in [-0.25, -0.2) is 8.42 Å². The van der Waals surface area contributed by atoms with Gasteiger partial charge in [-0.1, -0.05) is 12.0 Å². The number of likely N-dealkylation sites (N-methyl/N-ethyl adjacent to an activating group) is 1. The van der Waals surface area contributed by atoms with Crippen molar-refractivity contribution in [1.82, 2.24) is 9.62 Å². The van der Waals surface area contributed by atoms with Crippen molar-refractivity contribution in [1.29, 1.82) is 0 Å². The molecule has 2 aromatic rings. The van der Waals surface area contributed by atoms with Crippen molar-refractivity contribution in [3.63, 3.8) is 0 Å². The topological polar surface area (TPSA) is 105 Å². The number of amides is 2. The van der Waals surface area contributed by atoms with Crippen molar-refractivity contribution < 1.29 is 27.5 Å². The molecular formula is C23H25N3O6S. The van der Waals surface area contributed by atoms with Crippen LogP contribution in [0.1, 0.15) is 15.9 Å². The minimum Gasteiger partial charge on any atom is -0.496 e. The molecule has 0 saturated carbocycles. The van der Waals surface area contributed by atoms with Gasteiger partial charge in [-0.2, -0.15) is 4.31 Å². The third kappa shape index (κ3) is 5.34. The number of terminal acetylenes is 1. The van der Waals surface area contributed by atoms with E-state index in [0.717, 1.165) is 0 Å². The molecule has 0 unspecified atom stereocenters. The number of carbonyl (C=O) groups is 2. The first-order valence-corrected chi connectivity index (χ1v) is 11.6. The molecule has 1 aliphatic heterocycles. The number of methoxy groups -OCH3 is 1. The molecule has 10 heteroatoms. The molecule has 0 aromatic heterocycles. The molecule has 1 aliphatic rings. The van der Waals surface area contributed by atoms with Gasteiger partial charge in [0.2, 0.25) is 15.9 Å². The van der Waals surface area contributed by atoms with Gasteiger partial charge in [0.1, 0.15) is 12.3 Å². The quantitative estimate of drug-likeness (QED) is 0.606. The van der Waals surface area contributed by atoms with Gasteiger partial charge in [0.05, 0.1) is 30.8 Å². The molecule has 0 radical (unpaired) electrons. The lowest BCUT2D eigenvalue weighted by Gasteiger charge is -2.27. The van der Waals surface area contributed by atoms with Gasteiger partial charge < -0.3 is 14.8 Å². The van der Waals surface area contributed by atoms with Crippen LogP contribution in [-0.4, -0.2) is 71.5 Å². The number of sulfonamides is 1. The fraction of sp³-hybridized carbons (Fsp3) is 0.304.